The first-order valence-corrected chi connectivity index (χ1v) is 12.1. The highest BCUT2D eigenvalue weighted by Crippen LogP contribution is 2.29. The van der Waals surface area contributed by atoms with Gasteiger partial charge >= 0.3 is 5.97 Å². The molecule has 2 atom stereocenters. The van der Waals surface area contributed by atoms with Crippen LogP contribution in [0.25, 0.3) is 11.1 Å². The van der Waals surface area contributed by atoms with E-state index in [0.717, 1.165) is 11.1 Å². The van der Waals surface area contributed by atoms with Gasteiger partial charge in [0.05, 0.1) is 11.5 Å². The molecule has 0 spiro atoms. The number of hydrogen-bond donors (Lipinski definition) is 0. The molecule has 1 saturated heterocycles. The second-order valence-electron chi connectivity index (χ2n) is 7.46. The maximum Gasteiger partial charge on any atom is 0.344 e. The number of amides is 1. The smallest absolute Gasteiger partial charge is 0.344 e. The van der Waals surface area contributed by atoms with Crippen molar-refractivity contribution in [1.82, 2.24) is 4.90 Å². The van der Waals surface area contributed by atoms with Crippen LogP contribution < -0.4 is 4.74 Å². The summed E-state index contributed by atoms with van der Waals surface area (Å²) in [7, 11) is -3.12. The Hall–Kier alpha value is -2.87. The average molecular weight is 446 g/mol. The lowest BCUT2D eigenvalue weighted by Crippen LogP contribution is -2.46. The van der Waals surface area contributed by atoms with Gasteiger partial charge in [-0.15, -0.1) is 0 Å². The van der Waals surface area contributed by atoms with Crippen LogP contribution in [0.2, 0.25) is 0 Å². The zero-order valence-corrected chi connectivity index (χ0v) is 18.5. The third-order valence-electron chi connectivity index (χ3n) is 5.25. The Morgan fingerprint density at radius 2 is 1.77 bits per heavy atom. The van der Waals surface area contributed by atoms with Crippen molar-refractivity contribution in [2.45, 2.75) is 32.4 Å². The number of likely N-dealkylation sites (N-methyl/N-ethyl adjacent to an activating group) is 1. The summed E-state index contributed by atoms with van der Waals surface area (Å²) in [6.45, 7) is 3.28. The molecule has 0 saturated carbocycles. The van der Waals surface area contributed by atoms with Crippen LogP contribution in [0.4, 0.5) is 0 Å². The van der Waals surface area contributed by atoms with E-state index < -0.39 is 27.8 Å². The van der Waals surface area contributed by atoms with E-state index in [4.69, 9.17) is 9.47 Å². The molecule has 0 bridgehead atoms. The summed E-state index contributed by atoms with van der Waals surface area (Å²) >= 11 is 0. The molecule has 2 unspecified atom stereocenters. The van der Waals surface area contributed by atoms with Crippen LogP contribution in [0, 0.1) is 0 Å². The lowest BCUT2D eigenvalue weighted by atomic mass is 10.1. The standard InChI is InChI=1S/C23H27NO6S/c1-3-24(19-13-14-31(27,28)16-19)23(26)17(2)30-22(25)15-29-21-12-8-7-11-20(21)18-9-5-4-6-10-18/h4-12,17,19H,3,13-16H2,1-2H3. The van der Waals surface area contributed by atoms with Gasteiger partial charge in [-0.05, 0) is 31.9 Å². The summed E-state index contributed by atoms with van der Waals surface area (Å²) in [6.07, 6.45) is -0.620. The number of sulfone groups is 1. The van der Waals surface area contributed by atoms with Gasteiger partial charge in [0.1, 0.15) is 5.75 Å². The number of benzene rings is 2. The van der Waals surface area contributed by atoms with Crippen molar-refractivity contribution in [1.29, 1.82) is 0 Å². The van der Waals surface area contributed by atoms with Gasteiger partial charge in [-0.3, -0.25) is 4.79 Å². The molecule has 0 N–H and O–H groups in total. The minimum atomic E-state index is -3.12. The van der Waals surface area contributed by atoms with Crippen LogP contribution in [0.3, 0.4) is 0 Å². The lowest BCUT2D eigenvalue weighted by molar-refractivity contribution is -0.161. The molecule has 8 heteroatoms. The number of rotatable bonds is 8. The Kier molecular flexibility index (Phi) is 7.33. The zero-order chi connectivity index (χ0) is 22.4. The Morgan fingerprint density at radius 1 is 1.10 bits per heavy atom. The van der Waals surface area contributed by atoms with E-state index in [9.17, 15) is 18.0 Å². The highest BCUT2D eigenvalue weighted by molar-refractivity contribution is 7.91. The molecule has 1 fully saturated rings. The van der Waals surface area contributed by atoms with Gasteiger partial charge in [0.25, 0.3) is 5.91 Å². The van der Waals surface area contributed by atoms with Crippen LogP contribution in [0.15, 0.2) is 54.6 Å². The van der Waals surface area contributed by atoms with Gasteiger partial charge in [-0.25, -0.2) is 13.2 Å². The van der Waals surface area contributed by atoms with E-state index in [0.29, 0.717) is 18.7 Å². The Balaban J connectivity index is 1.58. The van der Waals surface area contributed by atoms with Crippen LogP contribution in [-0.2, 0) is 24.2 Å². The number of nitrogens with zero attached hydrogens (tertiary/aromatic N) is 1. The van der Waals surface area contributed by atoms with Gasteiger partial charge in [0.15, 0.2) is 22.5 Å². The van der Waals surface area contributed by atoms with Crippen LogP contribution in [0.1, 0.15) is 20.3 Å². The van der Waals surface area contributed by atoms with Gasteiger partial charge in [0.2, 0.25) is 0 Å². The van der Waals surface area contributed by atoms with E-state index in [1.54, 1.807) is 13.0 Å². The van der Waals surface area contributed by atoms with E-state index in [2.05, 4.69) is 0 Å². The molecule has 31 heavy (non-hydrogen) atoms. The SMILES string of the molecule is CCN(C(=O)C(C)OC(=O)COc1ccccc1-c1ccccc1)C1CCS(=O)(=O)C1. The summed E-state index contributed by atoms with van der Waals surface area (Å²) in [5.41, 5.74) is 1.81. The quantitative estimate of drug-likeness (QED) is 0.581. The monoisotopic (exact) mass is 445 g/mol. The maximum atomic E-state index is 12.7. The minimum absolute atomic E-state index is 0.0490. The number of esters is 1. The van der Waals surface area contributed by atoms with Crippen molar-refractivity contribution >= 4 is 21.7 Å². The fourth-order valence-corrected chi connectivity index (χ4v) is 5.45. The number of hydrogen-bond acceptors (Lipinski definition) is 6. The molecule has 1 aliphatic heterocycles. The zero-order valence-electron chi connectivity index (χ0n) is 17.7. The average Bonchev–Trinajstić information content (AvgIpc) is 3.12. The first kappa shape index (κ1) is 22.8. The first-order valence-electron chi connectivity index (χ1n) is 10.3. The van der Waals surface area contributed by atoms with Gasteiger partial charge in [-0.2, -0.15) is 0 Å². The van der Waals surface area contributed by atoms with E-state index in [1.165, 1.54) is 11.8 Å². The van der Waals surface area contributed by atoms with Gasteiger partial charge < -0.3 is 14.4 Å². The molecule has 166 valence electrons. The molecule has 0 aliphatic carbocycles. The van der Waals surface area contributed by atoms with Gasteiger partial charge in [-0.1, -0.05) is 48.5 Å². The first-order chi connectivity index (χ1) is 14.8. The normalized spacial score (nSPS) is 18.2. The molecular weight excluding hydrogens is 418 g/mol. The third kappa shape index (κ3) is 5.85. The summed E-state index contributed by atoms with van der Waals surface area (Å²) in [6, 6.07) is 16.6. The van der Waals surface area contributed by atoms with Crippen molar-refractivity contribution in [2.24, 2.45) is 0 Å². The third-order valence-corrected chi connectivity index (χ3v) is 7.00. The van der Waals surface area contributed by atoms with Crippen LogP contribution in [0.5, 0.6) is 5.75 Å². The number of para-hydroxylation sites is 1. The molecule has 1 amide bonds. The lowest BCUT2D eigenvalue weighted by Gasteiger charge is -2.29. The van der Waals surface area contributed by atoms with Crippen LogP contribution >= 0.6 is 0 Å². The van der Waals surface area contributed by atoms with Crippen molar-refractivity contribution in [3.8, 4) is 16.9 Å². The maximum absolute atomic E-state index is 12.7. The topological polar surface area (TPSA) is 90.0 Å². The van der Waals surface area contributed by atoms with E-state index in [1.807, 2.05) is 48.5 Å². The summed E-state index contributed by atoms with van der Waals surface area (Å²) in [4.78, 5) is 26.5. The Bertz CT molecular complexity index is 1020. The molecule has 1 aliphatic rings. The Labute approximate surface area is 182 Å². The second-order valence-corrected chi connectivity index (χ2v) is 9.69. The molecule has 0 radical (unpaired) electrons. The van der Waals surface area contributed by atoms with Crippen molar-refractivity contribution < 1.29 is 27.5 Å². The molecular formula is C23H27NO6S. The predicted molar refractivity (Wildman–Crippen MR) is 117 cm³/mol. The van der Waals surface area contributed by atoms with Gasteiger partial charge in [0, 0.05) is 18.2 Å². The second kappa shape index (κ2) is 9.96. The molecule has 3 rings (SSSR count). The van der Waals surface area contributed by atoms with E-state index in [-0.39, 0.29) is 24.2 Å². The summed E-state index contributed by atoms with van der Waals surface area (Å²) < 4.78 is 34.4. The van der Waals surface area contributed by atoms with E-state index >= 15 is 0 Å². The van der Waals surface area contributed by atoms with Crippen molar-refractivity contribution in [3.05, 3.63) is 54.6 Å². The molecule has 0 aromatic heterocycles. The number of carbonyl (C=O) groups excluding carboxylic acids is 2. The number of carbonyl (C=O) groups is 2. The predicted octanol–water partition coefficient (Wildman–Crippen LogP) is 2.70. The number of ether oxygens (including phenoxy) is 2. The fraction of sp³-hybridized carbons (Fsp3) is 0.391. The molecule has 2 aromatic carbocycles. The largest absolute Gasteiger partial charge is 0.481 e. The van der Waals surface area contributed by atoms with Crippen molar-refractivity contribution in [2.75, 3.05) is 24.7 Å². The molecule has 2 aromatic rings. The van der Waals surface area contributed by atoms with Crippen LogP contribution in [-0.4, -0.2) is 62.0 Å². The molecule has 1 heterocycles. The molecule has 7 nitrogen and oxygen atoms in total. The fourth-order valence-electron chi connectivity index (χ4n) is 3.72. The minimum Gasteiger partial charge on any atom is -0.481 e. The summed E-state index contributed by atoms with van der Waals surface area (Å²) in [5, 5.41) is 0. The Morgan fingerprint density at radius 3 is 2.42 bits per heavy atom. The summed E-state index contributed by atoms with van der Waals surface area (Å²) in [5.74, 6) is -0.505. The highest BCUT2D eigenvalue weighted by Gasteiger charge is 2.36. The highest BCUT2D eigenvalue weighted by atomic mass is 32.2. The van der Waals surface area contributed by atoms with Crippen molar-refractivity contribution in [3.63, 3.8) is 0 Å².